The second-order valence-electron chi connectivity index (χ2n) is 7.90. The van der Waals surface area contributed by atoms with Crippen molar-refractivity contribution in [1.82, 2.24) is 10.5 Å². The second-order valence-corrected chi connectivity index (χ2v) is 7.90. The van der Waals surface area contributed by atoms with Crippen LogP contribution in [0.5, 0.6) is 0 Å². The predicted molar refractivity (Wildman–Crippen MR) is 120 cm³/mol. The largest absolute Gasteiger partial charge is 0.376 e. The third-order valence-corrected chi connectivity index (χ3v) is 5.19. The maximum atomic E-state index is 12.8. The van der Waals surface area contributed by atoms with Crippen molar-refractivity contribution in [2.24, 2.45) is 0 Å². The molecule has 0 radical (unpaired) electrons. The number of ketones is 1. The van der Waals surface area contributed by atoms with Crippen molar-refractivity contribution < 1.29 is 28.4 Å². The fourth-order valence-electron chi connectivity index (χ4n) is 3.38. The van der Waals surface area contributed by atoms with Gasteiger partial charge < -0.3 is 19.9 Å². The summed E-state index contributed by atoms with van der Waals surface area (Å²) in [5.41, 5.74) is 1.06. The monoisotopic (exact) mass is 456 g/mol. The minimum atomic E-state index is -0.433. The van der Waals surface area contributed by atoms with E-state index < -0.39 is 5.91 Å². The van der Waals surface area contributed by atoms with Crippen molar-refractivity contribution >= 4 is 35.0 Å². The number of amides is 3. The zero-order chi connectivity index (χ0) is 23.8. The molecule has 0 unspecified atom stereocenters. The first-order chi connectivity index (χ1) is 15.8. The predicted octanol–water partition coefficient (Wildman–Crippen LogP) is 2.23. The van der Waals surface area contributed by atoms with E-state index in [1.807, 2.05) is 0 Å². The zero-order valence-electron chi connectivity index (χ0n) is 18.8. The number of nitrogens with zero attached hydrogens (tertiary/aromatic N) is 2. The highest BCUT2D eigenvalue weighted by Gasteiger charge is 2.24. The SMILES string of the molecule is CC(=O)c1ccc(NC(=O)CCC(=O)N(CC(=O)NC[C@H]2CCCO2)c2cc(C)on2)cc1. The molecular formula is C23H28N4O6. The van der Waals surface area contributed by atoms with Crippen LogP contribution in [-0.4, -0.2) is 54.5 Å². The van der Waals surface area contributed by atoms with Gasteiger partial charge in [-0.3, -0.25) is 24.1 Å². The van der Waals surface area contributed by atoms with E-state index in [0.717, 1.165) is 12.8 Å². The van der Waals surface area contributed by atoms with Crippen LogP contribution < -0.4 is 15.5 Å². The molecule has 2 heterocycles. The Labute approximate surface area is 191 Å². The highest BCUT2D eigenvalue weighted by molar-refractivity contribution is 6.01. The van der Waals surface area contributed by atoms with E-state index in [2.05, 4.69) is 15.8 Å². The molecule has 10 heteroatoms. The molecule has 0 spiro atoms. The van der Waals surface area contributed by atoms with Gasteiger partial charge in [-0.15, -0.1) is 0 Å². The number of aromatic nitrogens is 1. The first kappa shape index (κ1) is 24.1. The highest BCUT2D eigenvalue weighted by Crippen LogP contribution is 2.17. The number of Topliss-reactive ketones (excluding diaryl/α,β-unsaturated/α-hetero) is 1. The third-order valence-electron chi connectivity index (χ3n) is 5.19. The molecule has 1 aromatic carbocycles. The molecule has 3 amide bonds. The summed E-state index contributed by atoms with van der Waals surface area (Å²) in [6, 6.07) is 8.04. The molecule has 3 rings (SSSR count). The van der Waals surface area contributed by atoms with Crippen LogP contribution in [0.3, 0.4) is 0 Å². The fourth-order valence-corrected chi connectivity index (χ4v) is 3.38. The lowest BCUT2D eigenvalue weighted by molar-refractivity contribution is -0.125. The van der Waals surface area contributed by atoms with Gasteiger partial charge in [0.15, 0.2) is 11.6 Å². The highest BCUT2D eigenvalue weighted by atomic mass is 16.5. The molecule has 1 aromatic heterocycles. The van der Waals surface area contributed by atoms with E-state index in [1.54, 1.807) is 37.3 Å². The van der Waals surface area contributed by atoms with E-state index in [4.69, 9.17) is 9.26 Å². The van der Waals surface area contributed by atoms with Gasteiger partial charge in [0.1, 0.15) is 12.3 Å². The van der Waals surface area contributed by atoms with Gasteiger partial charge in [-0.1, -0.05) is 5.16 Å². The first-order valence-electron chi connectivity index (χ1n) is 10.8. The van der Waals surface area contributed by atoms with Crippen LogP contribution in [0.4, 0.5) is 11.5 Å². The summed E-state index contributed by atoms with van der Waals surface area (Å²) >= 11 is 0. The van der Waals surface area contributed by atoms with Crippen LogP contribution in [-0.2, 0) is 19.1 Å². The summed E-state index contributed by atoms with van der Waals surface area (Å²) in [4.78, 5) is 50.1. The Kier molecular flexibility index (Phi) is 8.31. The van der Waals surface area contributed by atoms with Crippen molar-refractivity contribution in [1.29, 1.82) is 0 Å². The molecule has 1 saturated heterocycles. The molecular weight excluding hydrogens is 428 g/mol. The lowest BCUT2D eigenvalue weighted by atomic mass is 10.1. The van der Waals surface area contributed by atoms with Gasteiger partial charge in [0.2, 0.25) is 17.7 Å². The summed E-state index contributed by atoms with van der Waals surface area (Å²) < 4.78 is 10.5. The minimum absolute atomic E-state index is 0.0133. The Morgan fingerprint density at radius 1 is 1.12 bits per heavy atom. The average molecular weight is 456 g/mol. The molecule has 0 saturated carbocycles. The topological polar surface area (TPSA) is 131 Å². The number of rotatable bonds is 10. The molecule has 33 heavy (non-hydrogen) atoms. The Morgan fingerprint density at radius 2 is 1.88 bits per heavy atom. The Balaban J connectivity index is 1.54. The van der Waals surface area contributed by atoms with Crippen LogP contribution in [0.2, 0.25) is 0 Å². The lowest BCUT2D eigenvalue weighted by Crippen LogP contribution is -2.43. The number of benzene rings is 1. The van der Waals surface area contributed by atoms with Crippen molar-refractivity contribution in [3.63, 3.8) is 0 Å². The molecule has 2 N–H and O–H groups in total. The van der Waals surface area contributed by atoms with Gasteiger partial charge >= 0.3 is 0 Å². The minimum Gasteiger partial charge on any atom is -0.376 e. The van der Waals surface area contributed by atoms with Gasteiger partial charge in [-0.25, -0.2) is 0 Å². The van der Waals surface area contributed by atoms with Crippen molar-refractivity contribution in [3.05, 3.63) is 41.7 Å². The number of carbonyl (C=O) groups excluding carboxylic acids is 4. The Morgan fingerprint density at radius 3 is 2.48 bits per heavy atom. The second kappa shape index (κ2) is 11.4. The van der Waals surface area contributed by atoms with E-state index >= 15 is 0 Å². The summed E-state index contributed by atoms with van der Waals surface area (Å²) in [6.07, 6.45) is 1.63. The van der Waals surface area contributed by atoms with E-state index in [-0.39, 0.29) is 48.9 Å². The summed E-state index contributed by atoms with van der Waals surface area (Å²) in [7, 11) is 0. The number of carbonyl (C=O) groups is 4. The van der Waals surface area contributed by atoms with Gasteiger partial charge in [0.25, 0.3) is 0 Å². The number of anilines is 2. The average Bonchev–Trinajstić information content (AvgIpc) is 3.46. The Hall–Kier alpha value is -3.53. The molecule has 176 valence electrons. The fraction of sp³-hybridized carbons (Fsp3) is 0.435. The van der Waals surface area contributed by atoms with Gasteiger partial charge in [0, 0.05) is 43.3 Å². The van der Waals surface area contributed by atoms with Crippen LogP contribution in [0.25, 0.3) is 0 Å². The van der Waals surface area contributed by atoms with Crippen molar-refractivity contribution in [3.8, 4) is 0 Å². The lowest BCUT2D eigenvalue weighted by Gasteiger charge is -2.20. The van der Waals surface area contributed by atoms with Crippen LogP contribution >= 0.6 is 0 Å². The molecule has 1 fully saturated rings. The smallest absolute Gasteiger partial charge is 0.240 e. The number of nitrogens with one attached hydrogen (secondary N) is 2. The summed E-state index contributed by atoms with van der Waals surface area (Å²) in [5, 5.41) is 9.31. The van der Waals surface area contributed by atoms with Crippen LogP contribution in [0.1, 0.15) is 48.7 Å². The van der Waals surface area contributed by atoms with Crippen LogP contribution in [0, 0.1) is 6.92 Å². The standard InChI is InChI=1S/C23H28N4O6/c1-15-12-20(26-33-15)27(14-22(30)24-13-19-4-3-11-32-19)23(31)10-9-21(29)25-18-7-5-17(6-8-18)16(2)28/h5-8,12,19H,3-4,9-11,13-14H2,1-2H3,(H,24,30)(H,25,29)/t19-/m1/s1. The van der Waals surface area contributed by atoms with Crippen LogP contribution in [0.15, 0.2) is 34.9 Å². The third kappa shape index (κ3) is 7.25. The molecule has 0 bridgehead atoms. The quantitative estimate of drug-likeness (QED) is 0.524. The van der Waals surface area contributed by atoms with Gasteiger partial charge in [0.05, 0.1) is 6.10 Å². The Bertz CT molecular complexity index is 995. The van der Waals surface area contributed by atoms with Crippen molar-refractivity contribution in [2.75, 3.05) is 29.9 Å². The van der Waals surface area contributed by atoms with E-state index in [9.17, 15) is 19.2 Å². The number of hydrogen-bond donors (Lipinski definition) is 2. The molecule has 0 aliphatic carbocycles. The van der Waals surface area contributed by atoms with Gasteiger partial charge in [-0.05, 0) is 51.0 Å². The molecule has 2 aromatic rings. The van der Waals surface area contributed by atoms with E-state index in [0.29, 0.717) is 30.2 Å². The number of ether oxygens (including phenoxy) is 1. The first-order valence-corrected chi connectivity index (χ1v) is 10.8. The summed E-state index contributed by atoms with van der Waals surface area (Å²) in [5.74, 6) is -0.508. The summed E-state index contributed by atoms with van der Waals surface area (Å²) in [6.45, 7) is 3.97. The molecule has 1 aliphatic heterocycles. The normalized spacial score (nSPS) is 15.2. The maximum Gasteiger partial charge on any atom is 0.240 e. The zero-order valence-corrected chi connectivity index (χ0v) is 18.8. The number of hydrogen-bond acceptors (Lipinski definition) is 7. The maximum absolute atomic E-state index is 12.8. The van der Waals surface area contributed by atoms with E-state index in [1.165, 1.54) is 11.8 Å². The van der Waals surface area contributed by atoms with Gasteiger partial charge in [-0.2, -0.15) is 0 Å². The number of aryl methyl sites for hydroxylation is 1. The molecule has 1 aliphatic rings. The molecule has 1 atom stereocenters. The molecule has 10 nitrogen and oxygen atoms in total. The van der Waals surface area contributed by atoms with Crippen molar-refractivity contribution in [2.45, 2.75) is 45.6 Å².